The normalized spacial score (nSPS) is 18.0. The number of amides is 1. The molecule has 0 spiro atoms. The van der Waals surface area contributed by atoms with Crippen molar-refractivity contribution in [2.75, 3.05) is 45.4 Å². The summed E-state index contributed by atoms with van der Waals surface area (Å²) in [6.07, 6.45) is -0.514. The predicted octanol–water partition coefficient (Wildman–Crippen LogP) is 1.67. The van der Waals surface area contributed by atoms with E-state index in [0.717, 1.165) is 0 Å². The van der Waals surface area contributed by atoms with Crippen molar-refractivity contribution in [3.8, 4) is 0 Å². The number of fused-ring (bicyclic) bond motifs is 1. The predicted molar refractivity (Wildman–Crippen MR) is 88.4 cm³/mol. The van der Waals surface area contributed by atoms with E-state index >= 15 is 0 Å². The third-order valence-corrected chi connectivity index (χ3v) is 3.99. The second kappa shape index (κ2) is 6.60. The van der Waals surface area contributed by atoms with Crippen LogP contribution in [0.4, 0.5) is 10.3 Å². The minimum Gasteiger partial charge on any atom is -0.440 e. The molecule has 1 atom stereocenters. The highest BCUT2D eigenvalue weighted by Crippen LogP contribution is 2.22. The number of ether oxygens (including phenoxy) is 1. The van der Waals surface area contributed by atoms with Crippen LogP contribution in [0.25, 0.3) is 11.0 Å². The summed E-state index contributed by atoms with van der Waals surface area (Å²) in [5.41, 5.74) is 0.593. The Balaban J connectivity index is 1.97. The molecule has 2 heterocycles. The molecule has 1 aromatic carbocycles. The number of hydrogen-bond acceptors (Lipinski definition) is 5. The molecule has 1 aliphatic rings. The minimum absolute atomic E-state index is 0.181. The molecule has 24 heavy (non-hydrogen) atoms. The van der Waals surface area contributed by atoms with E-state index in [0.29, 0.717) is 42.1 Å². The van der Waals surface area contributed by atoms with Crippen molar-refractivity contribution in [1.29, 1.82) is 0 Å². The SMILES string of the molecule is CN(C)C(=O)c1ccc2oc(N3CCO[C@H](CF)C3)cc(=O)c2c1. The molecule has 6 nitrogen and oxygen atoms in total. The molecule has 0 bridgehead atoms. The van der Waals surface area contributed by atoms with Crippen LogP contribution >= 0.6 is 0 Å². The van der Waals surface area contributed by atoms with E-state index in [4.69, 9.17) is 9.15 Å². The topological polar surface area (TPSA) is 63.0 Å². The number of anilines is 1. The van der Waals surface area contributed by atoms with Gasteiger partial charge < -0.3 is 19.0 Å². The van der Waals surface area contributed by atoms with Crippen molar-refractivity contribution < 1.29 is 18.3 Å². The monoisotopic (exact) mass is 334 g/mol. The molecule has 2 aromatic rings. The van der Waals surface area contributed by atoms with E-state index in [1.54, 1.807) is 31.1 Å². The van der Waals surface area contributed by atoms with Crippen molar-refractivity contribution in [2.45, 2.75) is 6.10 Å². The minimum atomic E-state index is -0.579. The Morgan fingerprint density at radius 1 is 1.38 bits per heavy atom. The van der Waals surface area contributed by atoms with Gasteiger partial charge in [-0.15, -0.1) is 0 Å². The Labute approximate surface area is 138 Å². The van der Waals surface area contributed by atoms with Crippen molar-refractivity contribution in [1.82, 2.24) is 4.90 Å². The highest BCUT2D eigenvalue weighted by atomic mass is 19.1. The lowest BCUT2D eigenvalue weighted by Crippen LogP contribution is -2.43. The number of rotatable bonds is 3. The summed E-state index contributed by atoms with van der Waals surface area (Å²) in [5.74, 6) is 0.209. The summed E-state index contributed by atoms with van der Waals surface area (Å²) in [4.78, 5) is 27.7. The van der Waals surface area contributed by atoms with Crippen LogP contribution in [-0.2, 0) is 4.74 Å². The molecule has 0 unspecified atom stereocenters. The molecular weight excluding hydrogens is 315 g/mol. The molecule has 1 aliphatic heterocycles. The Hall–Kier alpha value is -2.41. The maximum atomic E-state index is 12.8. The largest absolute Gasteiger partial charge is 0.440 e. The first-order valence-electron chi connectivity index (χ1n) is 7.71. The molecule has 1 saturated heterocycles. The van der Waals surface area contributed by atoms with Gasteiger partial charge in [0.15, 0.2) is 11.3 Å². The number of benzene rings is 1. The van der Waals surface area contributed by atoms with Gasteiger partial charge in [-0.05, 0) is 18.2 Å². The molecule has 7 heteroatoms. The first-order chi connectivity index (χ1) is 11.5. The van der Waals surface area contributed by atoms with E-state index in [9.17, 15) is 14.0 Å². The first-order valence-corrected chi connectivity index (χ1v) is 7.71. The smallest absolute Gasteiger partial charge is 0.253 e. The fraction of sp³-hybridized carbons (Fsp3) is 0.412. The Bertz CT molecular complexity index is 818. The quantitative estimate of drug-likeness (QED) is 0.854. The molecule has 1 fully saturated rings. The zero-order valence-corrected chi connectivity index (χ0v) is 13.6. The van der Waals surface area contributed by atoms with E-state index in [1.165, 1.54) is 17.0 Å². The van der Waals surface area contributed by atoms with Crippen molar-refractivity contribution in [3.05, 3.63) is 40.1 Å². The number of halogens is 1. The second-order valence-electron chi connectivity index (χ2n) is 5.95. The van der Waals surface area contributed by atoms with Crippen molar-refractivity contribution >= 4 is 22.8 Å². The molecule has 1 amide bonds. The van der Waals surface area contributed by atoms with Crippen LogP contribution in [0.5, 0.6) is 0 Å². The highest BCUT2D eigenvalue weighted by Gasteiger charge is 2.23. The Morgan fingerprint density at radius 2 is 2.17 bits per heavy atom. The van der Waals surface area contributed by atoms with Gasteiger partial charge in [0.25, 0.3) is 5.91 Å². The van der Waals surface area contributed by atoms with E-state index in [1.807, 2.05) is 0 Å². The maximum absolute atomic E-state index is 12.8. The maximum Gasteiger partial charge on any atom is 0.253 e. The van der Waals surface area contributed by atoms with Crippen LogP contribution in [0.15, 0.2) is 33.5 Å². The van der Waals surface area contributed by atoms with Gasteiger partial charge in [-0.3, -0.25) is 9.59 Å². The standard InChI is InChI=1S/C17H19FN2O4/c1-19(2)17(22)11-3-4-15-13(7-11)14(21)8-16(24-15)20-5-6-23-12(9-18)10-20/h3-4,7-8,12H,5-6,9-10H2,1-2H3/t12-/m1/s1. The van der Waals surface area contributed by atoms with Gasteiger partial charge in [-0.1, -0.05) is 0 Å². The lowest BCUT2D eigenvalue weighted by atomic mass is 10.1. The Morgan fingerprint density at radius 3 is 2.88 bits per heavy atom. The number of nitrogens with zero attached hydrogens (tertiary/aromatic N) is 2. The summed E-state index contributed by atoms with van der Waals surface area (Å²) in [7, 11) is 3.30. The molecule has 0 N–H and O–H groups in total. The molecule has 0 saturated carbocycles. The van der Waals surface area contributed by atoms with Crippen LogP contribution in [0.3, 0.4) is 0 Å². The number of hydrogen-bond donors (Lipinski definition) is 0. The van der Waals surface area contributed by atoms with Crippen LogP contribution < -0.4 is 10.3 Å². The fourth-order valence-corrected chi connectivity index (χ4v) is 2.70. The average molecular weight is 334 g/mol. The van der Waals surface area contributed by atoms with Gasteiger partial charge >= 0.3 is 0 Å². The lowest BCUT2D eigenvalue weighted by Gasteiger charge is -2.31. The Kier molecular flexibility index (Phi) is 4.53. The van der Waals surface area contributed by atoms with Gasteiger partial charge in [-0.25, -0.2) is 4.39 Å². The summed E-state index contributed by atoms with van der Waals surface area (Å²) in [6, 6.07) is 6.16. The zero-order chi connectivity index (χ0) is 17.3. The van der Waals surface area contributed by atoms with Gasteiger partial charge in [0.1, 0.15) is 18.4 Å². The van der Waals surface area contributed by atoms with E-state index < -0.39 is 12.8 Å². The van der Waals surface area contributed by atoms with Gasteiger partial charge in [-0.2, -0.15) is 0 Å². The molecule has 0 radical (unpaired) electrons. The number of alkyl halides is 1. The summed E-state index contributed by atoms with van der Waals surface area (Å²) in [6.45, 7) is 0.668. The van der Waals surface area contributed by atoms with Crippen molar-refractivity contribution in [3.63, 3.8) is 0 Å². The number of carbonyl (C=O) groups is 1. The number of morpholine rings is 1. The second-order valence-corrected chi connectivity index (χ2v) is 5.95. The zero-order valence-electron chi connectivity index (χ0n) is 13.6. The third-order valence-electron chi connectivity index (χ3n) is 3.99. The van der Waals surface area contributed by atoms with E-state index in [-0.39, 0.29) is 11.3 Å². The van der Waals surface area contributed by atoms with Gasteiger partial charge in [0, 0.05) is 38.8 Å². The first kappa shape index (κ1) is 16.4. The number of carbonyl (C=O) groups excluding carboxylic acids is 1. The lowest BCUT2D eigenvalue weighted by molar-refractivity contribution is 0.0235. The third kappa shape index (κ3) is 3.12. The van der Waals surface area contributed by atoms with Crippen LogP contribution in [0, 0.1) is 0 Å². The molecule has 128 valence electrons. The molecule has 3 rings (SSSR count). The van der Waals surface area contributed by atoms with Crippen LogP contribution in [-0.4, -0.2) is 57.4 Å². The molecule has 1 aromatic heterocycles. The summed E-state index contributed by atoms with van der Waals surface area (Å²) >= 11 is 0. The van der Waals surface area contributed by atoms with Gasteiger partial charge in [0.05, 0.1) is 12.0 Å². The molecule has 0 aliphatic carbocycles. The van der Waals surface area contributed by atoms with Crippen molar-refractivity contribution in [2.24, 2.45) is 0 Å². The van der Waals surface area contributed by atoms with Gasteiger partial charge in [0.2, 0.25) is 0 Å². The summed E-state index contributed by atoms with van der Waals surface area (Å²) < 4.78 is 23.9. The molecular formula is C17H19FN2O4. The van der Waals surface area contributed by atoms with E-state index in [2.05, 4.69) is 0 Å². The average Bonchev–Trinajstić information content (AvgIpc) is 2.60. The highest BCUT2D eigenvalue weighted by molar-refractivity contribution is 5.97. The fourth-order valence-electron chi connectivity index (χ4n) is 2.70. The van der Waals surface area contributed by atoms with Crippen LogP contribution in [0.2, 0.25) is 0 Å². The summed E-state index contributed by atoms with van der Waals surface area (Å²) in [5, 5.41) is 0.349. The van der Waals surface area contributed by atoms with Crippen LogP contribution in [0.1, 0.15) is 10.4 Å².